The molecule has 186 valence electrons. The Morgan fingerprint density at radius 1 is 1.12 bits per heavy atom. The SMILES string of the molecule is COO[C@H]1[C@@H](O)[C@H](n2cnc3c(N)ncnc32)O[C@@H]1COP(=O)(O)OP(=O)(O)OP(=O)(O)O. The minimum Gasteiger partial charge on any atom is -0.385 e. The third-order valence-corrected chi connectivity index (χ3v) is 7.80. The maximum atomic E-state index is 12.0. The molecule has 6 atom stereocenters. The number of aliphatic hydroxyl groups is 1. The van der Waals surface area contributed by atoms with Gasteiger partial charge in [0.25, 0.3) is 0 Å². The summed E-state index contributed by atoms with van der Waals surface area (Å²) in [6, 6.07) is 0. The van der Waals surface area contributed by atoms with Crippen LogP contribution in [0.2, 0.25) is 0 Å². The standard InChI is InChI=1S/C11H18N5O14P3/c1-25-28-8-5(2-26-32(21,22)30-33(23,24)29-31(18,19)20)27-11(7(8)17)16-4-15-6-9(12)13-3-14-10(6)16/h3-5,7-8,11,17H,2H2,1H3,(H,21,22)(H,23,24)(H2,12,13,14)(H2,18,19,20)/t5-,7-,8-,11-/m1/s1. The minimum absolute atomic E-state index is 0.0557. The van der Waals surface area contributed by atoms with Crippen LogP contribution in [-0.4, -0.2) is 76.2 Å². The number of hydrogen-bond acceptors (Lipinski definition) is 14. The topological polar surface area (TPSA) is 277 Å². The molecule has 0 aromatic carbocycles. The third kappa shape index (κ3) is 6.39. The van der Waals surface area contributed by atoms with E-state index in [-0.39, 0.29) is 17.0 Å². The molecule has 33 heavy (non-hydrogen) atoms. The summed E-state index contributed by atoms with van der Waals surface area (Å²) in [6.07, 6.45) is -3.01. The molecule has 1 aliphatic heterocycles. The number of nitrogens with two attached hydrogens (primary N) is 1. The number of aromatic nitrogens is 4. The van der Waals surface area contributed by atoms with Crippen molar-refractivity contribution in [2.75, 3.05) is 19.5 Å². The Labute approximate surface area is 183 Å². The second kappa shape index (κ2) is 9.69. The van der Waals surface area contributed by atoms with E-state index >= 15 is 0 Å². The molecule has 22 heteroatoms. The number of fused-ring (bicyclic) bond motifs is 1. The molecular formula is C11H18N5O14P3. The van der Waals surface area contributed by atoms with Crippen molar-refractivity contribution >= 4 is 40.4 Å². The van der Waals surface area contributed by atoms with E-state index in [0.29, 0.717) is 0 Å². The van der Waals surface area contributed by atoms with Crippen LogP contribution in [0.4, 0.5) is 5.82 Å². The van der Waals surface area contributed by atoms with E-state index in [1.807, 2.05) is 0 Å². The molecule has 0 amide bonds. The maximum Gasteiger partial charge on any atom is 0.490 e. The molecular weight excluding hydrogens is 519 g/mol. The first kappa shape index (κ1) is 26.2. The summed E-state index contributed by atoms with van der Waals surface area (Å²) >= 11 is 0. The Bertz CT molecular complexity index is 1140. The Morgan fingerprint density at radius 2 is 1.82 bits per heavy atom. The smallest absolute Gasteiger partial charge is 0.385 e. The fourth-order valence-corrected chi connectivity index (χ4v) is 5.87. The zero-order chi connectivity index (χ0) is 24.6. The van der Waals surface area contributed by atoms with Crippen LogP contribution in [0, 0.1) is 0 Å². The lowest BCUT2D eigenvalue weighted by Crippen LogP contribution is -2.36. The number of ether oxygens (including phenoxy) is 1. The van der Waals surface area contributed by atoms with Gasteiger partial charge in [0.2, 0.25) is 0 Å². The highest BCUT2D eigenvalue weighted by Gasteiger charge is 2.49. The van der Waals surface area contributed by atoms with Gasteiger partial charge >= 0.3 is 23.5 Å². The number of nitrogens with zero attached hydrogens (tertiary/aromatic N) is 4. The molecule has 0 aliphatic carbocycles. The van der Waals surface area contributed by atoms with Crippen molar-refractivity contribution in [3.8, 4) is 0 Å². The highest BCUT2D eigenvalue weighted by Crippen LogP contribution is 2.66. The predicted octanol–water partition coefficient (Wildman–Crippen LogP) is -1.04. The summed E-state index contributed by atoms with van der Waals surface area (Å²) < 4.78 is 52.7. The first-order valence-corrected chi connectivity index (χ1v) is 13.0. The number of anilines is 1. The lowest BCUT2D eigenvalue weighted by molar-refractivity contribution is -0.322. The van der Waals surface area contributed by atoms with Crippen LogP contribution in [0.3, 0.4) is 0 Å². The third-order valence-electron chi connectivity index (χ3n) is 4.00. The first-order valence-electron chi connectivity index (χ1n) is 8.47. The zero-order valence-corrected chi connectivity index (χ0v) is 19.0. The van der Waals surface area contributed by atoms with E-state index in [4.69, 9.17) is 25.1 Å². The number of rotatable bonds is 10. The normalized spacial score (nSPS) is 27.5. The van der Waals surface area contributed by atoms with Gasteiger partial charge in [0.1, 0.15) is 24.1 Å². The van der Waals surface area contributed by atoms with Crippen molar-refractivity contribution < 1.29 is 66.0 Å². The van der Waals surface area contributed by atoms with Crippen LogP contribution in [0.25, 0.3) is 11.2 Å². The first-order chi connectivity index (χ1) is 15.2. The lowest BCUT2D eigenvalue weighted by atomic mass is 10.1. The van der Waals surface area contributed by atoms with Crippen molar-refractivity contribution in [3.05, 3.63) is 12.7 Å². The van der Waals surface area contributed by atoms with Gasteiger partial charge in [-0.1, -0.05) is 0 Å². The van der Waals surface area contributed by atoms with Crippen molar-refractivity contribution in [2.45, 2.75) is 24.5 Å². The molecule has 0 spiro atoms. The van der Waals surface area contributed by atoms with Gasteiger partial charge in [0, 0.05) is 0 Å². The van der Waals surface area contributed by atoms with Gasteiger partial charge in [-0.25, -0.2) is 38.4 Å². The Morgan fingerprint density at radius 3 is 2.45 bits per heavy atom. The second-order valence-electron chi connectivity index (χ2n) is 6.25. The summed E-state index contributed by atoms with van der Waals surface area (Å²) in [4.78, 5) is 57.2. The second-order valence-corrected chi connectivity index (χ2v) is 10.7. The molecule has 2 unspecified atom stereocenters. The van der Waals surface area contributed by atoms with E-state index in [0.717, 1.165) is 13.4 Å². The molecule has 1 fully saturated rings. The van der Waals surface area contributed by atoms with E-state index in [1.165, 1.54) is 10.9 Å². The summed E-state index contributed by atoms with van der Waals surface area (Å²) in [5.74, 6) is 0.0557. The number of hydrogen-bond donors (Lipinski definition) is 6. The lowest BCUT2D eigenvalue weighted by Gasteiger charge is -2.20. The van der Waals surface area contributed by atoms with E-state index in [2.05, 4.69) is 33.0 Å². The highest BCUT2D eigenvalue weighted by molar-refractivity contribution is 7.66. The Balaban J connectivity index is 1.75. The Kier molecular flexibility index (Phi) is 7.70. The summed E-state index contributed by atoms with van der Waals surface area (Å²) in [5.41, 5.74) is 6.10. The minimum atomic E-state index is -5.71. The average molecular weight is 537 g/mol. The molecule has 3 rings (SSSR count). The number of imidazole rings is 1. The summed E-state index contributed by atoms with van der Waals surface area (Å²) in [6.45, 7) is -0.894. The van der Waals surface area contributed by atoms with E-state index in [9.17, 15) is 28.6 Å². The fraction of sp³-hybridized carbons (Fsp3) is 0.545. The van der Waals surface area contributed by atoms with Gasteiger partial charge in [-0.2, -0.15) is 8.62 Å². The van der Waals surface area contributed by atoms with Crippen molar-refractivity contribution in [1.82, 2.24) is 19.5 Å². The van der Waals surface area contributed by atoms with Crippen LogP contribution in [0.15, 0.2) is 12.7 Å². The molecule has 1 saturated heterocycles. The van der Waals surface area contributed by atoms with E-state index in [1.54, 1.807) is 0 Å². The molecule has 0 radical (unpaired) electrons. The summed E-state index contributed by atoms with van der Waals surface area (Å²) in [7, 11) is -15.6. The van der Waals surface area contributed by atoms with Crippen molar-refractivity contribution in [2.24, 2.45) is 0 Å². The Hall–Kier alpha value is -1.40. The fourth-order valence-electron chi connectivity index (χ4n) is 2.84. The van der Waals surface area contributed by atoms with Crippen LogP contribution in [0.5, 0.6) is 0 Å². The number of phosphoric ester groups is 1. The predicted molar refractivity (Wildman–Crippen MR) is 101 cm³/mol. The molecule has 0 saturated carbocycles. The average Bonchev–Trinajstić information content (AvgIpc) is 3.20. The molecule has 7 N–H and O–H groups in total. The molecule has 2 aromatic rings. The highest BCUT2D eigenvalue weighted by atomic mass is 31.3. The summed E-state index contributed by atoms with van der Waals surface area (Å²) in [5, 5.41) is 10.6. The molecule has 1 aliphatic rings. The van der Waals surface area contributed by atoms with Crippen LogP contribution in [-0.2, 0) is 41.4 Å². The number of nitrogen functional groups attached to an aromatic ring is 1. The maximum absolute atomic E-state index is 12.0. The number of phosphoric acid groups is 3. The van der Waals surface area contributed by atoms with Crippen molar-refractivity contribution in [3.63, 3.8) is 0 Å². The van der Waals surface area contributed by atoms with Gasteiger partial charge in [-0.15, -0.1) is 0 Å². The van der Waals surface area contributed by atoms with Gasteiger partial charge in [0.05, 0.1) is 20.0 Å². The van der Waals surface area contributed by atoms with Gasteiger partial charge in [-0.3, -0.25) is 9.09 Å². The zero-order valence-electron chi connectivity index (χ0n) is 16.3. The van der Waals surface area contributed by atoms with Gasteiger partial charge in [0.15, 0.2) is 23.8 Å². The molecule has 0 bridgehead atoms. The van der Waals surface area contributed by atoms with E-state index < -0.39 is 54.6 Å². The quantitative estimate of drug-likeness (QED) is 0.120. The van der Waals surface area contributed by atoms with Crippen LogP contribution in [0.1, 0.15) is 6.23 Å². The van der Waals surface area contributed by atoms with Crippen LogP contribution >= 0.6 is 23.5 Å². The van der Waals surface area contributed by atoms with Crippen molar-refractivity contribution in [1.29, 1.82) is 0 Å². The number of aliphatic hydroxyl groups excluding tert-OH is 1. The van der Waals surface area contributed by atoms with Gasteiger partial charge in [-0.05, 0) is 0 Å². The molecule has 19 nitrogen and oxygen atoms in total. The monoisotopic (exact) mass is 537 g/mol. The molecule has 2 aromatic heterocycles. The molecule has 3 heterocycles. The largest absolute Gasteiger partial charge is 0.490 e. The van der Waals surface area contributed by atoms with Crippen LogP contribution < -0.4 is 5.73 Å². The van der Waals surface area contributed by atoms with Gasteiger partial charge < -0.3 is 35.2 Å².